The van der Waals surface area contributed by atoms with Crippen molar-refractivity contribution in [2.45, 2.75) is 126 Å². The van der Waals surface area contributed by atoms with Gasteiger partial charge >= 0.3 is 17.9 Å². The minimum absolute atomic E-state index is 0.0225. The summed E-state index contributed by atoms with van der Waals surface area (Å²) in [7, 11) is 1.48. The fraction of sp³-hybridized carbons (Fsp3) is 0.829. The molecule has 0 aromatic carbocycles. The number of allylic oxidation sites excluding steroid dienone is 2. The van der Waals surface area contributed by atoms with Gasteiger partial charge < -0.3 is 14.2 Å². The lowest BCUT2D eigenvalue weighted by Gasteiger charge is -2.70. The minimum atomic E-state index is -0.647. The number of ketones is 1. The van der Waals surface area contributed by atoms with E-state index in [9.17, 15) is 19.2 Å². The third-order valence-corrected chi connectivity index (χ3v) is 13.4. The number of methoxy groups -OCH3 is 1. The zero-order valence-electron chi connectivity index (χ0n) is 27.5. The molecule has 234 valence electrons. The monoisotopic (exact) mass is 584 g/mol. The number of ether oxygens (including phenoxy) is 3. The van der Waals surface area contributed by atoms with Crippen LogP contribution in [-0.4, -0.2) is 43.0 Å². The Bertz CT molecular complexity index is 1230. The molecule has 0 aromatic heterocycles. The Morgan fingerprint density at radius 2 is 1.45 bits per heavy atom. The van der Waals surface area contributed by atoms with Crippen LogP contribution in [0.25, 0.3) is 0 Å². The first-order valence-corrected chi connectivity index (χ1v) is 16.0. The van der Waals surface area contributed by atoms with Crippen molar-refractivity contribution in [3.05, 3.63) is 11.6 Å². The summed E-state index contributed by atoms with van der Waals surface area (Å²) < 4.78 is 17.5. The van der Waals surface area contributed by atoms with Gasteiger partial charge in [0.05, 0.1) is 12.5 Å². The van der Waals surface area contributed by atoms with Gasteiger partial charge in [-0.05, 0) is 85.0 Å². The predicted molar refractivity (Wildman–Crippen MR) is 158 cm³/mol. The van der Waals surface area contributed by atoms with Gasteiger partial charge in [0.2, 0.25) is 0 Å². The van der Waals surface area contributed by atoms with Crippen LogP contribution >= 0.6 is 0 Å². The molecule has 0 aromatic rings. The fourth-order valence-electron chi connectivity index (χ4n) is 11.4. The van der Waals surface area contributed by atoms with Gasteiger partial charge in [-0.1, -0.05) is 54.0 Å². The minimum Gasteiger partial charge on any atom is -0.469 e. The third kappa shape index (κ3) is 4.17. The molecule has 7 nitrogen and oxygen atoms in total. The summed E-state index contributed by atoms with van der Waals surface area (Å²) in [5.41, 5.74) is -1.23. The second-order valence-electron chi connectivity index (χ2n) is 16.5. The number of fused-ring (bicyclic) bond motifs is 7. The van der Waals surface area contributed by atoms with Crippen LogP contribution in [0.4, 0.5) is 0 Å². The van der Waals surface area contributed by atoms with Gasteiger partial charge in [0.15, 0.2) is 5.78 Å². The van der Waals surface area contributed by atoms with E-state index in [0.717, 1.165) is 37.7 Å². The van der Waals surface area contributed by atoms with Crippen LogP contribution in [-0.2, 0) is 33.4 Å². The van der Waals surface area contributed by atoms with Gasteiger partial charge in [-0.3, -0.25) is 19.2 Å². The zero-order valence-corrected chi connectivity index (χ0v) is 27.5. The zero-order chi connectivity index (χ0) is 31.3. The molecule has 4 fully saturated rings. The molecular weight excluding hydrogens is 532 g/mol. The lowest BCUT2D eigenvalue weighted by molar-refractivity contribution is -0.220. The summed E-state index contributed by atoms with van der Waals surface area (Å²) in [6.07, 6.45) is 7.15. The molecule has 0 saturated heterocycles. The molecule has 0 amide bonds. The number of rotatable bonds is 3. The van der Waals surface area contributed by atoms with E-state index in [0.29, 0.717) is 19.3 Å². The number of carbonyl (C=O) groups is 4. The van der Waals surface area contributed by atoms with Crippen LogP contribution in [0.15, 0.2) is 11.6 Å². The van der Waals surface area contributed by atoms with Gasteiger partial charge in [-0.2, -0.15) is 0 Å². The van der Waals surface area contributed by atoms with E-state index < -0.39 is 33.2 Å². The first kappa shape index (κ1) is 31.3. The van der Waals surface area contributed by atoms with E-state index in [1.54, 1.807) is 0 Å². The molecule has 0 spiro atoms. The van der Waals surface area contributed by atoms with Crippen molar-refractivity contribution >= 4 is 23.7 Å². The molecule has 0 aliphatic heterocycles. The van der Waals surface area contributed by atoms with Crippen LogP contribution in [0.5, 0.6) is 0 Å². The lowest BCUT2D eigenvalue weighted by Crippen LogP contribution is -2.69. The van der Waals surface area contributed by atoms with Crippen molar-refractivity contribution in [2.24, 2.45) is 50.2 Å². The molecule has 7 heteroatoms. The Hall–Kier alpha value is -2.18. The van der Waals surface area contributed by atoms with Crippen molar-refractivity contribution in [1.29, 1.82) is 0 Å². The van der Waals surface area contributed by atoms with E-state index in [1.165, 1.54) is 21.0 Å². The van der Waals surface area contributed by atoms with Crippen LogP contribution in [0, 0.1) is 50.2 Å². The van der Waals surface area contributed by atoms with Crippen LogP contribution in [0.3, 0.4) is 0 Å². The molecular formula is C35H52O7. The van der Waals surface area contributed by atoms with E-state index in [1.807, 2.05) is 6.08 Å². The standard InChI is InChI=1S/C35H52O7/c1-20(36)41-24-19-34(9)25(32(7)12-11-26(42-21(2)37)31(5,6)28(24)32)17-23(38)27-22-18-30(3,4)13-15-35(22,29(39)40-10)16-14-33(27,34)8/h17,22,24,26-28H,11-16,18-19H2,1-10H3/t22-,24+,26-,27-,28-,32+,33+,34+,35-/m0/s1. The van der Waals surface area contributed by atoms with Crippen molar-refractivity contribution in [1.82, 2.24) is 0 Å². The van der Waals surface area contributed by atoms with Crippen molar-refractivity contribution < 1.29 is 33.4 Å². The molecule has 0 unspecified atom stereocenters. The maximum atomic E-state index is 14.6. The van der Waals surface area contributed by atoms with Crippen molar-refractivity contribution in [2.75, 3.05) is 7.11 Å². The predicted octanol–water partition coefficient (Wildman–Crippen LogP) is 6.61. The van der Waals surface area contributed by atoms with Gasteiger partial charge in [0, 0.05) is 31.1 Å². The number of hydrogen-bond donors (Lipinski definition) is 0. The second kappa shape index (κ2) is 9.66. The average molecular weight is 585 g/mol. The summed E-state index contributed by atoms with van der Waals surface area (Å²) in [6, 6.07) is 0. The number of hydrogen-bond acceptors (Lipinski definition) is 7. The van der Waals surface area contributed by atoms with E-state index >= 15 is 0 Å². The summed E-state index contributed by atoms with van der Waals surface area (Å²) >= 11 is 0. The fourth-order valence-corrected chi connectivity index (χ4v) is 11.4. The highest BCUT2D eigenvalue weighted by Crippen LogP contribution is 2.75. The van der Waals surface area contributed by atoms with Crippen LogP contribution in [0.1, 0.15) is 114 Å². The highest BCUT2D eigenvalue weighted by molar-refractivity contribution is 5.96. The Morgan fingerprint density at radius 3 is 2.05 bits per heavy atom. The maximum Gasteiger partial charge on any atom is 0.312 e. The maximum absolute atomic E-state index is 14.6. The summed E-state index contributed by atoms with van der Waals surface area (Å²) in [5.74, 6) is -1.23. The Labute approximate surface area is 251 Å². The first-order valence-electron chi connectivity index (χ1n) is 16.0. The molecule has 4 saturated carbocycles. The second-order valence-corrected chi connectivity index (χ2v) is 16.5. The number of carbonyl (C=O) groups excluding carboxylic acids is 4. The highest BCUT2D eigenvalue weighted by Gasteiger charge is 2.73. The van der Waals surface area contributed by atoms with Gasteiger partial charge in [-0.15, -0.1) is 0 Å². The molecule has 42 heavy (non-hydrogen) atoms. The largest absolute Gasteiger partial charge is 0.469 e. The normalized spacial score (nSPS) is 45.1. The van der Waals surface area contributed by atoms with Crippen LogP contribution < -0.4 is 0 Å². The highest BCUT2D eigenvalue weighted by atomic mass is 16.6. The Kier molecular flexibility index (Phi) is 7.19. The Morgan fingerprint density at radius 1 is 0.833 bits per heavy atom. The van der Waals surface area contributed by atoms with E-state index in [2.05, 4.69) is 48.5 Å². The van der Waals surface area contributed by atoms with Gasteiger partial charge in [-0.25, -0.2) is 0 Å². The van der Waals surface area contributed by atoms with Crippen molar-refractivity contribution in [3.8, 4) is 0 Å². The SMILES string of the molecule is COC(=O)[C@]12CCC(C)(C)C[C@H]1[C@H]1C(=O)C=C3[C@@]4(C)CC[C@H](OC(C)=O)C(C)(C)[C@@H]4[C@H](OC(C)=O)C[C@@]3(C)[C@]1(C)CC2. The quantitative estimate of drug-likeness (QED) is 0.272. The molecule has 9 atom stereocenters. The van der Waals surface area contributed by atoms with Crippen molar-refractivity contribution in [3.63, 3.8) is 0 Å². The average Bonchev–Trinajstić information content (AvgIpc) is 2.86. The summed E-state index contributed by atoms with van der Waals surface area (Å²) in [6.45, 7) is 18.5. The molecule has 0 heterocycles. The topological polar surface area (TPSA) is 96.0 Å². The lowest BCUT2D eigenvalue weighted by atomic mass is 9.33. The van der Waals surface area contributed by atoms with Crippen LogP contribution in [0.2, 0.25) is 0 Å². The Balaban J connectivity index is 1.68. The first-order chi connectivity index (χ1) is 19.3. The van der Waals surface area contributed by atoms with Gasteiger partial charge in [0.1, 0.15) is 12.2 Å². The molecule has 5 rings (SSSR count). The molecule has 5 aliphatic rings. The summed E-state index contributed by atoms with van der Waals surface area (Å²) in [5, 5.41) is 0. The summed E-state index contributed by atoms with van der Waals surface area (Å²) in [4.78, 5) is 52.8. The third-order valence-electron chi connectivity index (χ3n) is 13.4. The van der Waals surface area contributed by atoms with Gasteiger partial charge in [0.25, 0.3) is 0 Å². The molecule has 0 radical (unpaired) electrons. The number of esters is 3. The van der Waals surface area contributed by atoms with E-state index in [-0.39, 0.29) is 53.0 Å². The molecule has 0 bridgehead atoms. The smallest absolute Gasteiger partial charge is 0.312 e. The molecule has 0 N–H and O–H groups in total. The van der Waals surface area contributed by atoms with E-state index in [4.69, 9.17) is 14.2 Å². The molecule has 5 aliphatic carbocycles.